The smallest absolute Gasteiger partial charge is 0.261 e. The van der Waals surface area contributed by atoms with Crippen molar-refractivity contribution < 1.29 is 9.53 Å². The molecule has 0 aliphatic rings. The van der Waals surface area contributed by atoms with Crippen molar-refractivity contribution >= 4 is 28.3 Å². The quantitative estimate of drug-likeness (QED) is 0.637. The monoisotopic (exact) mass is 367 g/mol. The molecule has 0 aliphatic carbocycles. The molecule has 1 amide bonds. The largest absolute Gasteiger partial charge is 0.481 e. The Balaban J connectivity index is 1.56. The zero-order valence-electron chi connectivity index (χ0n) is 14.7. The highest BCUT2D eigenvalue weighted by molar-refractivity contribution is 6.30. The lowest BCUT2D eigenvalue weighted by Crippen LogP contribution is -2.38. The third-order valence-corrected chi connectivity index (χ3v) is 4.54. The fourth-order valence-electron chi connectivity index (χ4n) is 2.82. The minimum absolute atomic E-state index is 0.0883. The normalized spacial score (nSPS) is 11.9. The van der Waals surface area contributed by atoms with E-state index in [9.17, 15) is 4.79 Å². The van der Waals surface area contributed by atoms with E-state index in [2.05, 4.69) is 11.4 Å². The van der Waals surface area contributed by atoms with E-state index >= 15 is 0 Å². The molecule has 0 aromatic heterocycles. The topological polar surface area (TPSA) is 38.3 Å². The molecule has 0 aliphatic heterocycles. The van der Waals surface area contributed by atoms with Crippen molar-refractivity contribution in [1.29, 1.82) is 0 Å². The zero-order chi connectivity index (χ0) is 18.4. The molecule has 134 valence electrons. The molecule has 0 heterocycles. The Bertz CT molecular complexity index is 877. The van der Waals surface area contributed by atoms with E-state index in [1.807, 2.05) is 67.6 Å². The Labute approximate surface area is 158 Å². The molecule has 0 unspecified atom stereocenters. The number of carbonyl (C=O) groups excluding carboxylic acids is 1. The molecule has 26 heavy (non-hydrogen) atoms. The predicted octanol–water partition coefficient (Wildman–Crippen LogP) is 5.01. The highest BCUT2D eigenvalue weighted by Gasteiger charge is 2.18. The van der Waals surface area contributed by atoms with E-state index < -0.39 is 6.10 Å². The van der Waals surface area contributed by atoms with Gasteiger partial charge in [0, 0.05) is 11.6 Å². The minimum Gasteiger partial charge on any atom is -0.481 e. The summed E-state index contributed by atoms with van der Waals surface area (Å²) < 4.78 is 5.92. The number of rotatable bonds is 7. The van der Waals surface area contributed by atoms with Crippen molar-refractivity contribution in [1.82, 2.24) is 5.32 Å². The van der Waals surface area contributed by atoms with E-state index in [0.717, 1.165) is 22.8 Å². The van der Waals surface area contributed by atoms with Crippen molar-refractivity contribution in [2.75, 3.05) is 6.54 Å². The van der Waals surface area contributed by atoms with Gasteiger partial charge in [0.15, 0.2) is 6.10 Å². The Morgan fingerprint density at radius 2 is 1.77 bits per heavy atom. The Morgan fingerprint density at radius 3 is 2.50 bits per heavy atom. The van der Waals surface area contributed by atoms with E-state index in [-0.39, 0.29) is 5.91 Å². The second-order valence-corrected chi connectivity index (χ2v) is 6.63. The first kappa shape index (κ1) is 18.3. The summed E-state index contributed by atoms with van der Waals surface area (Å²) in [6.45, 7) is 2.52. The Hall–Kier alpha value is -2.52. The molecule has 1 atom stereocenters. The van der Waals surface area contributed by atoms with Crippen LogP contribution in [0, 0.1) is 0 Å². The van der Waals surface area contributed by atoms with Gasteiger partial charge in [0.05, 0.1) is 0 Å². The van der Waals surface area contributed by atoms with Crippen LogP contribution in [0.3, 0.4) is 0 Å². The van der Waals surface area contributed by atoms with Crippen molar-refractivity contribution in [3.63, 3.8) is 0 Å². The van der Waals surface area contributed by atoms with E-state index in [1.54, 1.807) is 0 Å². The maximum atomic E-state index is 12.4. The summed E-state index contributed by atoms with van der Waals surface area (Å²) in [4.78, 5) is 12.4. The molecule has 1 N–H and O–H groups in total. The van der Waals surface area contributed by atoms with Crippen molar-refractivity contribution in [2.45, 2.75) is 25.9 Å². The molecule has 3 rings (SSSR count). The van der Waals surface area contributed by atoms with Crippen LogP contribution < -0.4 is 10.1 Å². The lowest BCUT2D eigenvalue weighted by molar-refractivity contribution is -0.128. The zero-order valence-corrected chi connectivity index (χ0v) is 15.5. The van der Waals surface area contributed by atoms with Crippen LogP contribution >= 0.6 is 11.6 Å². The first-order chi connectivity index (χ1) is 12.7. The minimum atomic E-state index is -0.499. The number of nitrogens with one attached hydrogen (secondary N) is 1. The lowest BCUT2D eigenvalue weighted by atomic mass is 10.1. The second-order valence-electron chi connectivity index (χ2n) is 6.19. The van der Waals surface area contributed by atoms with Crippen LogP contribution in [-0.4, -0.2) is 18.6 Å². The van der Waals surface area contributed by atoms with Gasteiger partial charge < -0.3 is 10.1 Å². The molecule has 0 fully saturated rings. The van der Waals surface area contributed by atoms with Gasteiger partial charge in [0.25, 0.3) is 5.91 Å². The lowest BCUT2D eigenvalue weighted by Gasteiger charge is -2.17. The highest BCUT2D eigenvalue weighted by Crippen LogP contribution is 2.22. The van der Waals surface area contributed by atoms with Gasteiger partial charge in [-0.25, -0.2) is 0 Å². The van der Waals surface area contributed by atoms with Crippen LogP contribution in [0.2, 0.25) is 5.02 Å². The van der Waals surface area contributed by atoms with Gasteiger partial charge in [-0.2, -0.15) is 0 Å². The molecule has 4 heteroatoms. The molecule has 0 saturated heterocycles. The van der Waals surface area contributed by atoms with Gasteiger partial charge in [0.1, 0.15) is 5.75 Å². The molecular weight excluding hydrogens is 346 g/mol. The number of halogens is 1. The number of hydrogen-bond donors (Lipinski definition) is 1. The number of amides is 1. The molecule has 0 bridgehead atoms. The summed E-state index contributed by atoms with van der Waals surface area (Å²) in [5.41, 5.74) is 1.14. The summed E-state index contributed by atoms with van der Waals surface area (Å²) >= 11 is 5.88. The summed E-state index contributed by atoms with van der Waals surface area (Å²) in [6, 6.07) is 21.6. The highest BCUT2D eigenvalue weighted by atomic mass is 35.5. The molecular formula is C22H22ClNO2. The molecule has 3 nitrogen and oxygen atoms in total. The predicted molar refractivity (Wildman–Crippen MR) is 107 cm³/mol. The molecule has 0 saturated carbocycles. The van der Waals surface area contributed by atoms with Crippen molar-refractivity contribution in [3.05, 3.63) is 77.3 Å². The average molecular weight is 368 g/mol. The number of ether oxygens (including phenoxy) is 1. The van der Waals surface area contributed by atoms with Crippen LogP contribution in [0.5, 0.6) is 5.75 Å². The Morgan fingerprint density at radius 1 is 1.04 bits per heavy atom. The second kappa shape index (κ2) is 8.72. The fourth-order valence-corrected chi connectivity index (χ4v) is 2.95. The van der Waals surface area contributed by atoms with Gasteiger partial charge in [-0.15, -0.1) is 0 Å². The first-order valence-corrected chi connectivity index (χ1v) is 9.21. The van der Waals surface area contributed by atoms with Crippen LogP contribution in [0.4, 0.5) is 0 Å². The maximum absolute atomic E-state index is 12.4. The summed E-state index contributed by atoms with van der Waals surface area (Å²) in [5.74, 6) is 0.623. The van der Waals surface area contributed by atoms with Crippen molar-refractivity contribution in [3.8, 4) is 5.75 Å². The summed E-state index contributed by atoms with van der Waals surface area (Å²) in [5, 5.41) is 5.93. The maximum Gasteiger partial charge on any atom is 0.261 e. The number of hydrogen-bond acceptors (Lipinski definition) is 2. The van der Waals surface area contributed by atoms with Crippen LogP contribution in [-0.2, 0) is 11.2 Å². The summed E-state index contributed by atoms with van der Waals surface area (Å²) in [6.07, 6.45) is 0.871. The van der Waals surface area contributed by atoms with Gasteiger partial charge >= 0.3 is 0 Å². The van der Waals surface area contributed by atoms with Gasteiger partial charge in [-0.3, -0.25) is 4.79 Å². The number of carbonyl (C=O) groups is 1. The van der Waals surface area contributed by atoms with Crippen LogP contribution in [0.1, 0.15) is 18.9 Å². The third-order valence-electron chi connectivity index (χ3n) is 4.29. The van der Waals surface area contributed by atoms with Crippen LogP contribution in [0.15, 0.2) is 66.7 Å². The van der Waals surface area contributed by atoms with Gasteiger partial charge in [-0.05, 0) is 53.4 Å². The van der Waals surface area contributed by atoms with E-state index in [4.69, 9.17) is 16.3 Å². The van der Waals surface area contributed by atoms with E-state index in [1.165, 1.54) is 0 Å². The molecule has 0 spiro atoms. The van der Waals surface area contributed by atoms with Gasteiger partial charge in [0.2, 0.25) is 0 Å². The van der Waals surface area contributed by atoms with Crippen molar-refractivity contribution in [2.24, 2.45) is 0 Å². The number of benzene rings is 3. The van der Waals surface area contributed by atoms with E-state index in [0.29, 0.717) is 23.7 Å². The summed E-state index contributed by atoms with van der Waals surface area (Å²) in [7, 11) is 0. The third kappa shape index (κ3) is 4.77. The average Bonchev–Trinajstić information content (AvgIpc) is 2.67. The fraction of sp³-hybridized carbons (Fsp3) is 0.227. The SMILES string of the molecule is CC[C@@H](Oc1ccc2ccccc2c1)C(=O)NCCc1ccc(Cl)cc1. The molecule has 3 aromatic rings. The number of fused-ring (bicyclic) bond motifs is 1. The molecule has 3 aromatic carbocycles. The first-order valence-electron chi connectivity index (χ1n) is 8.83. The standard InChI is InChI=1S/C22H22ClNO2/c1-2-21(22(25)24-14-13-16-7-10-19(23)11-8-16)26-20-12-9-17-5-3-4-6-18(17)15-20/h3-12,15,21H,2,13-14H2,1H3,(H,24,25)/t21-/m1/s1. The van der Waals surface area contributed by atoms with Crippen LogP contribution in [0.25, 0.3) is 10.8 Å². The molecule has 0 radical (unpaired) electrons. The Kier molecular flexibility index (Phi) is 6.13. The van der Waals surface area contributed by atoms with Gasteiger partial charge in [-0.1, -0.05) is 61.0 Å².